The minimum Gasteiger partial charge on any atom is -0.497 e. The highest BCUT2D eigenvalue weighted by Crippen LogP contribution is 2.44. The van der Waals surface area contributed by atoms with Crippen LogP contribution in [0, 0.1) is 11.2 Å². The Morgan fingerprint density at radius 3 is 2.66 bits per heavy atom. The maximum atomic E-state index is 15.7. The first-order valence-corrected chi connectivity index (χ1v) is 14.2. The van der Waals surface area contributed by atoms with Crippen LogP contribution in [0.2, 0.25) is 5.02 Å². The van der Waals surface area contributed by atoms with Gasteiger partial charge in [0.2, 0.25) is 0 Å². The number of benzene rings is 2. The van der Waals surface area contributed by atoms with E-state index in [2.05, 4.69) is 9.88 Å². The van der Waals surface area contributed by atoms with Crippen LogP contribution < -0.4 is 4.74 Å². The summed E-state index contributed by atoms with van der Waals surface area (Å²) < 4.78 is 34.1. The van der Waals surface area contributed by atoms with Gasteiger partial charge in [0.05, 0.1) is 24.1 Å². The lowest BCUT2D eigenvalue weighted by Gasteiger charge is -2.41. The van der Waals surface area contributed by atoms with Crippen molar-refractivity contribution in [2.75, 3.05) is 32.5 Å². The zero-order valence-corrected chi connectivity index (χ0v) is 23.0. The minimum absolute atomic E-state index is 0.0344. The van der Waals surface area contributed by atoms with Gasteiger partial charge in [0, 0.05) is 22.0 Å². The standard InChI is InChI=1S/C29H33ClF2N2O3S/c1-37-21-5-8-26-23(17-21)28(24(30)19-33-26)25(32)9-10-29(18-27(35)36)11-14-34(15-12-29)13-2-16-38-22-6-3-20(31)4-7-22/h3-8,17,19,25H,2,9-16,18H2,1H3,(H,35,36)/t25-/m0/s1. The van der Waals surface area contributed by atoms with Gasteiger partial charge in [-0.25, -0.2) is 8.78 Å². The predicted molar refractivity (Wildman–Crippen MR) is 148 cm³/mol. The molecular weight excluding hydrogens is 530 g/mol. The molecule has 2 heterocycles. The monoisotopic (exact) mass is 562 g/mol. The van der Waals surface area contributed by atoms with Gasteiger partial charge in [0.15, 0.2) is 0 Å². The van der Waals surface area contributed by atoms with E-state index >= 15 is 4.39 Å². The largest absolute Gasteiger partial charge is 0.497 e. The van der Waals surface area contributed by atoms with Crippen molar-refractivity contribution in [3.63, 3.8) is 0 Å². The molecule has 9 heteroatoms. The van der Waals surface area contributed by atoms with Crippen LogP contribution in [0.3, 0.4) is 0 Å². The lowest BCUT2D eigenvalue weighted by molar-refractivity contribution is -0.141. The fourth-order valence-electron chi connectivity index (χ4n) is 5.29. The molecule has 0 amide bonds. The van der Waals surface area contributed by atoms with Gasteiger partial charge in [0.1, 0.15) is 17.7 Å². The Balaban J connectivity index is 1.34. The first-order valence-electron chi connectivity index (χ1n) is 12.9. The van der Waals surface area contributed by atoms with Crippen LogP contribution in [-0.2, 0) is 4.79 Å². The number of halogens is 3. The molecule has 5 nitrogen and oxygen atoms in total. The van der Waals surface area contributed by atoms with Crippen LogP contribution in [0.1, 0.15) is 50.3 Å². The number of ether oxygens (including phenoxy) is 1. The number of fused-ring (bicyclic) bond motifs is 1. The molecule has 1 fully saturated rings. The second-order valence-electron chi connectivity index (χ2n) is 9.98. The minimum atomic E-state index is -1.34. The van der Waals surface area contributed by atoms with Crippen LogP contribution in [0.25, 0.3) is 10.9 Å². The number of thioether (sulfide) groups is 1. The molecule has 4 rings (SSSR count). The molecule has 204 valence electrons. The smallest absolute Gasteiger partial charge is 0.303 e. The van der Waals surface area contributed by atoms with Gasteiger partial charge >= 0.3 is 5.97 Å². The lowest BCUT2D eigenvalue weighted by Crippen LogP contribution is -2.41. The lowest BCUT2D eigenvalue weighted by atomic mass is 9.71. The number of pyridine rings is 1. The van der Waals surface area contributed by atoms with E-state index in [4.69, 9.17) is 16.3 Å². The summed E-state index contributed by atoms with van der Waals surface area (Å²) >= 11 is 8.10. The molecule has 1 aliphatic rings. The number of rotatable bonds is 12. The van der Waals surface area contributed by atoms with Gasteiger partial charge in [-0.15, -0.1) is 11.8 Å². The fraction of sp³-hybridized carbons (Fsp3) is 0.448. The van der Waals surface area contributed by atoms with Crippen LogP contribution in [0.4, 0.5) is 8.78 Å². The third-order valence-electron chi connectivity index (χ3n) is 7.45. The van der Waals surface area contributed by atoms with Gasteiger partial charge in [-0.2, -0.15) is 0 Å². The SMILES string of the molecule is COc1ccc2ncc(Cl)c([C@@H](F)CCC3(CC(=O)O)CCN(CCCSc4ccc(F)cc4)CC3)c2c1. The molecule has 1 atom stereocenters. The number of aliphatic carboxylic acids is 1. The number of alkyl halides is 1. The van der Waals surface area contributed by atoms with Gasteiger partial charge in [0.25, 0.3) is 0 Å². The van der Waals surface area contributed by atoms with Crippen molar-refractivity contribution in [2.45, 2.75) is 49.6 Å². The highest BCUT2D eigenvalue weighted by molar-refractivity contribution is 7.99. The Labute approximate surface area is 231 Å². The van der Waals surface area contributed by atoms with Gasteiger partial charge in [-0.3, -0.25) is 9.78 Å². The number of aromatic nitrogens is 1. The number of carboxylic acid groups (broad SMARTS) is 1. The summed E-state index contributed by atoms with van der Waals surface area (Å²) in [4.78, 5) is 19.5. The van der Waals surface area contributed by atoms with E-state index in [9.17, 15) is 14.3 Å². The number of piperidine rings is 1. The van der Waals surface area contributed by atoms with E-state index < -0.39 is 17.6 Å². The van der Waals surface area contributed by atoms with Crippen LogP contribution in [0.5, 0.6) is 5.75 Å². The molecule has 1 N–H and O–H groups in total. The van der Waals surface area contributed by atoms with Crippen molar-refractivity contribution < 1.29 is 23.4 Å². The topological polar surface area (TPSA) is 62.7 Å². The zero-order chi connectivity index (χ0) is 27.1. The second kappa shape index (κ2) is 13.1. The first-order chi connectivity index (χ1) is 18.3. The third kappa shape index (κ3) is 7.36. The van der Waals surface area contributed by atoms with E-state index in [0.29, 0.717) is 28.6 Å². The summed E-state index contributed by atoms with van der Waals surface area (Å²) in [6.45, 7) is 2.51. The number of likely N-dealkylation sites (tertiary alicyclic amines) is 1. The summed E-state index contributed by atoms with van der Waals surface area (Å²) in [5, 5.41) is 10.5. The maximum absolute atomic E-state index is 15.7. The van der Waals surface area contributed by atoms with Crippen LogP contribution in [-0.4, -0.2) is 53.5 Å². The van der Waals surface area contributed by atoms with E-state index in [1.165, 1.54) is 18.3 Å². The number of hydrogen-bond donors (Lipinski definition) is 1. The van der Waals surface area contributed by atoms with Crippen molar-refractivity contribution in [3.05, 3.63) is 65.1 Å². The van der Waals surface area contributed by atoms with Crippen molar-refractivity contribution in [2.24, 2.45) is 5.41 Å². The van der Waals surface area contributed by atoms with Gasteiger partial charge in [-0.1, -0.05) is 11.6 Å². The van der Waals surface area contributed by atoms with Crippen LogP contribution in [0.15, 0.2) is 53.6 Å². The Hall–Kier alpha value is -2.42. The number of methoxy groups -OCH3 is 1. The Bertz CT molecular complexity index is 1240. The molecule has 1 saturated heterocycles. The predicted octanol–water partition coefficient (Wildman–Crippen LogP) is 7.57. The molecule has 1 aliphatic heterocycles. The normalized spacial score (nSPS) is 16.4. The molecule has 2 aromatic carbocycles. The van der Waals surface area contributed by atoms with Crippen molar-refractivity contribution >= 4 is 40.2 Å². The van der Waals surface area contributed by atoms with E-state index in [1.807, 2.05) is 0 Å². The molecule has 0 bridgehead atoms. The molecular formula is C29H33ClF2N2O3S. The molecule has 0 saturated carbocycles. The summed E-state index contributed by atoms with van der Waals surface area (Å²) in [6, 6.07) is 11.8. The van der Waals surface area contributed by atoms with E-state index in [-0.39, 0.29) is 23.7 Å². The molecule has 0 unspecified atom stereocenters. The first kappa shape index (κ1) is 28.6. The average Bonchev–Trinajstić information content (AvgIpc) is 2.91. The molecule has 0 radical (unpaired) electrons. The fourth-order valence-corrected chi connectivity index (χ4v) is 6.39. The Morgan fingerprint density at radius 1 is 1.24 bits per heavy atom. The number of nitrogens with zero attached hydrogens (tertiary/aromatic N) is 2. The third-order valence-corrected chi connectivity index (χ3v) is 8.85. The Morgan fingerprint density at radius 2 is 1.97 bits per heavy atom. The van der Waals surface area contributed by atoms with E-state index in [1.54, 1.807) is 49.2 Å². The van der Waals surface area contributed by atoms with Crippen LogP contribution >= 0.6 is 23.4 Å². The van der Waals surface area contributed by atoms with Crippen molar-refractivity contribution in [3.8, 4) is 5.75 Å². The number of hydrogen-bond acceptors (Lipinski definition) is 5. The van der Waals surface area contributed by atoms with Gasteiger partial charge < -0.3 is 14.7 Å². The highest BCUT2D eigenvalue weighted by Gasteiger charge is 2.37. The highest BCUT2D eigenvalue weighted by atomic mass is 35.5. The Kier molecular flexibility index (Phi) is 9.85. The summed E-state index contributed by atoms with van der Waals surface area (Å²) in [7, 11) is 1.55. The molecule has 38 heavy (non-hydrogen) atoms. The quantitative estimate of drug-likeness (QED) is 0.181. The second-order valence-corrected chi connectivity index (χ2v) is 11.6. The number of carbonyl (C=O) groups is 1. The van der Waals surface area contributed by atoms with Crippen molar-refractivity contribution in [1.29, 1.82) is 0 Å². The summed E-state index contributed by atoms with van der Waals surface area (Å²) in [6.07, 6.45) is 3.25. The summed E-state index contributed by atoms with van der Waals surface area (Å²) in [5.74, 6) is 0.448. The molecule has 3 aromatic rings. The summed E-state index contributed by atoms with van der Waals surface area (Å²) in [5.41, 5.74) is 0.582. The van der Waals surface area contributed by atoms with E-state index in [0.717, 1.165) is 49.5 Å². The van der Waals surface area contributed by atoms with Crippen molar-refractivity contribution in [1.82, 2.24) is 9.88 Å². The van der Waals surface area contributed by atoms with Gasteiger partial charge in [-0.05, 0) is 105 Å². The molecule has 0 aliphatic carbocycles. The zero-order valence-electron chi connectivity index (χ0n) is 21.5. The average molecular weight is 563 g/mol. The molecule has 0 spiro atoms. The number of carboxylic acids is 1. The molecule has 1 aromatic heterocycles. The maximum Gasteiger partial charge on any atom is 0.303 e.